The lowest BCUT2D eigenvalue weighted by Gasteiger charge is -2.18. The number of benzene rings is 1. The highest BCUT2D eigenvalue weighted by Gasteiger charge is 2.18. The fraction of sp³-hybridized carbons (Fsp3) is 0.238. The summed E-state index contributed by atoms with van der Waals surface area (Å²) < 4.78 is 1.74. The van der Waals surface area contributed by atoms with E-state index in [-0.39, 0.29) is 12.3 Å². The maximum Gasteiger partial charge on any atom is 0.253 e. The molecule has 0 aliphatic rings. The van der Waals surface area contributed by atoms with E-state index in [9.17, 15) is 4.79 Å². The molecule has 0 unspecified atom stereocenters. The molecular weight excluding hydrogens is 370 g/mol. The topological polar surface area (TPSA) is 63.4 Å². The van der Waals surface area contributed by atoms with Crippen molar-refractivity contribution in [2.24, 2.45) is 0 Å². The molecule has 142 valence electrons. The zero-order valence-corrected chi connectivity index (χ0v) is 16.9. The molecule has 6 nitrogen and oxygen atoms in total. The lowest BCUT2D eigenvalue weighted by atomic mass is 10.1. The van der Waals surface area contributed by atoms with Gasteiger partial charge in [0.2, 0.25) is 5.91 Å². The molecule has 3 heterocycles. The predicted octanol–water partition coefficient (Wildman–Crippen LogP) is 3.67. The van der Waals surface area contributed by atoms with Gasteiger partial charge in [0.25, 0.3) is 5.78 Å². The van der Waals surface area contributed by atoms with E-state index < -0.39 is 0 Å². The van der Waals surface area contributed by atoms with Crippen molar-refractivity contribution in [3.63, 3.8) is 0 Å². The summed E-state index contributed by atoms with van der Waals surface area (Å²) in [4.78, 5) is 24.7. The molecule has 0 saturated carbocycles. The summed E-state index contributed by atoms with van der Waals surface area (Å²) >= 11 is 1.59. The lowest BCUT2D eigenvalue weighted by Crippen LogP contribution is -2.28. The van der Waals surface area contributed by atoms with E-state index in [1.165, 1.54) is 0 Å². The van der Waals surface area contributed by atoms with Gasteiger partial charge in [-0.25, -0.2) is 9.50 Å². The van der Waals surface area contributed by atoms with Crippen LogP contribution in [0.1, 0.15) is 22.5 Å². The van der Waals surface area contributed by atoms with E-state index in [0.29, 0.717) is 18.1 Å². The molecule has 1 aromatic carbocycles. The second-order valence-corrected chi connectivity index (χ2v) is 7.75. The standard InChI is InChI=1S/C21H21N5OS/c1-14-17(12-19(27)25(3)13-16-8-5-4-6-9-16)15(2)26-21(22-14)23-20(24-26)18-10-7-11-28-18/h4-11H,12-13H2,1-3H3. The minimum Gasteiger partial charge on any atom is -0.341 e. The molecule has 0 fully saturated rings. The molecule has 0 bridgehead atoms. The Kier molecular flexibility index (Phi) is 4.92. The van der Waals surface area contributed by atoms with Crippen molar-refractivity contribution < 1.29 is 4.79 Å². The fourth-order valence-electron chi connectivity index (χ4n) is 3.21. The lowest BCUT2D eigenvalue weighted by molar-refractivity contribution is -0.129. The van der Waals surface area contributed by atoms with E-state index in [1.54, 1.807) is 20.8 Å². The summed E-state index contributed by atoms with van der Waals surface area (Å²) in [7, 11) is 1.83. The molecule has 0 spiro atoms. The summed E-state index contributed by atoms with van der Waals surface area (Å²) in [5.74, 6) is 1.27. The van der Waals surface area contributed by atoms with E-state index in [0.717, 1.165) is 27.4 Å². The minimum atomic E-state index is 0.0507. The van der Waals surface area contributed by atoms with Crippen LogP contribution in [0.25, 0.3) is 16.5 Å². The van der Waals surface area contributed by atoms with Gasteiger partial charge in [0.1, 0.15) is 0 Å². The van der Waals surface area contributed by atoms with Gasteiger partial charge in [0, 0.05) is 30.5 Å². The highest BCUT2D eigenvalue weighted by molar-refractivity contribution is 7.13. The number of likely N-dealkylation sites (N-methyl/N-ethyl adjacent to an activating group) is 1. The first-order chi connectivity index (χ1) is 13.5. The molecule has 0 aliphatic heterocycles. The molecule has 3 aromatic heterocycles. The van der Waals surface area contributed by atoms with Crippen LogP contribution in [0, 0.1) is 13.8 Å². The minimum absolute atomic E-state index is 0.0507. The van der Waals surface area contributed by atoms with E-state index in [1.807, 2.05) is 68.7 Å². The second kappa shape index (κ2) is 7.52. The van der Waals surface area contributed by atoms with Gasteiger partial charge in [-0.3, -0.25) is 4.79 Å². The highest BCUT2D eigenvalue weighted by atomic mass is 32.1. The molecule has 0 aliphatic carbocycles. The van der Waals surface area contributed by atoms with Gasteiger partial charge >= 0.3 is 0 Å². The predicted molar refractivity (Wildman–Crippen MR) is 110 cm³/mol. The van der Waals surface area contributed by atoms with Crippen LogP contribution in [0.3, 0.4) is 0 Å². The Labute approximate surface area is 167 Å². The Balaban J connectivity index is 1.60. The Morgan fingerprint density at radius 1 is 1.11 bits per heavy atom. The zero-order valence-electron chi connectivity index (χ0n) is 16.1. The first-order valence-electron chi connectivity index (χ1n) is 9.07. The van der Waals surface area contributed by atoms with Crippen molar-refractivity contribution in [1.29, 1.82) is 0 Å². The molecule has 28 heavy (non-hydrogen) atoms. The van der Waals surface area contributed by atoms with Gasteiger partial charge < -0.3 is 4.90 Å². The molecule has 0 N–H and O–H groups in total. The average molecular weight is 392 g/mol. The molecule has 4 rings (SSSR count). The molecule has 4 aromatic rings. The summed E-state index contributed by atoms with van der Waals surface area (Å²) in [5.41, 5.74) is 3.73. The van der Waals surface area contributed by atoms with Gasteiger partial charge in [-0.2, -0.15) is 4.98 Å². The van der Waals surface area contributed by atoms with Crippen molar-refractivity contribution in [2.75, 3.05) is 7.05 Å². The largest absolute Gasteiger partial charge is 0.341 e. The van der Waals surface area contributed by atoms with Gasteiger partial charge in [0.15, 0.2) is 5.82 Å². The van der Waals surface area contributed by atoms with Crippen LogP contribution in [0.2, 0.25) is 0 Å². The van der Waals surface area contributed by atoms with Crippen LogP contribution in [-0.4, -0.2) is 37.4 Å². The average Bonchev–Trinajstić information content (AvgIpc) is 3.35. The summed E-state index contributed by atoms with van der Waals surface area (Å²) in [6, 6.07) is 14.0. The van der Waals surface area contributed by atoms with Crippen molar-refractivity contribution in [1.82, 2.24) is 24.5 Å². The molecule has 0 saturated heterocycles. The Morgan fingerprint density at radius 3 is 2.61 bits per heavy atom. The molecule has 0 atom stereocenters. The van der Waals surface area contributed by atoms with Crippen LogP contribution in [0.5, 0.6) is 0 Å². The SMILES string of the molecule is Cc1nc2nc(-c3cccs3)nn2c(C)c1CC(=O)N(C)Cc1ccccc1. The normalized spacial score (nSPS) is 11.1. The number of carbonyl (C=O) groups excluding carboxylic acids is 1. The number of aromatic nitrogens is 4. The van der Waals surface area contributed by atoms with Crippen LogP contribution >= 0.6 is 11.3 Å². The van der Waals surface area contributed by atoms with Crippen LogP contribution in [-0.2, 0) is 17.8 Å². The van der Waals surface area contributed by atoms with E-state index >= 15 is 0 Å². The summed E-state index contributed by atoms with van der Waals surface area (Å²) in [6.07, 6.45) is 0.290. The third-order valence-corrected chi connectivity index (χ3v) is 5.67. The first-order valence-corrected chi connectivity index (χ1v) is 9.95. The first kappa shape index (κ1) is 18.3. The summed E-state index contributed by atoms with van der Waals surface area (Å²) in [5, 5.41) is 6.60. The van der Waals surface area contributed by atoms with Gasteiger partial charge in [-0.05, 0) is 30.9 Å². The Morgan fingerprint density at radius 2 is 1.89 bits per heavy atom. The number of thiophene rings is 1. The van der Waals surface area contributed by atoms with Crippen molar-refractivity contribution in [3.05, 3.63) is 70.4 Å². The fourth-order valence-corrected chi connectivity index (χ4v) is 3.86. The van der Waals surface area contributed by atoms with Gasteiger partial charge in [0.05, 0.1) is 11.3 Å². The number of carbonyl (C=O) groups is 1. The number of fused-ring (bicyclic) bond motifs is 1. The Bertz CT molecular complexity index is 1120. The maximum atomic E-state index is 12.8. The van der Waals surface area contributed by atoms with Crippen molar-refractivity contribution in [2.45, 2.75) is 26.8 Å². The number of rotatable bonds is 5. The third kappa shape index (κ3) is 3.53. The zero-order chi connectivity index (χ0) is 19.7. The van der Waals surface area contributed by atoms with E-state index in [2.05, 4.69) is 15.1 Å². The summed E-state index contributed by atoms with van der Waals surface area (Å²) in [6.45, 7) is 4.47. The quantitative estimate of drug-likeness (QED) is 0.521. The van der Waals surface area contributed by atoms with Crippen molar-refractivity contribution >= 4 is 23.0 Å². The maximum absolute atomic E-state index is 12.8. The Hall–Kier alpha value is -3.06. The number of aryl methyl sites for hydroxylation is 2. The van der Waals surface area contributed by atoms with Crippen molar-refractivity contribution in [3.8, 4) is 10.7 Å². The molecule has 7 heteroatoms. The number of nitrogens with zero attached hydrogens (tertiary/aromatic N) is 5. The van der Waals surface area contributed by atoms with Gasteiger partial charge in [-0.15, -0.1) is 16.4 Å². The van der Waals surface area contributed by atoms with Crippen LogP contribution in [0.15, 0.2) is 47.8 Å². The number of hydrogen-bond donors (Lipinski definition) is 0. The molecular formula is C21H21N5OS. The molecule has 1 amide bonds. The number of hydrogen-bond acceptors (Lipinski definition) is 5. The van der Waals surface area contributed by atoms with Crippen LogP contribution in [0.4, 0.5) is 0 Å². The molecule has 0 radical (unpaired) electrons. The number of amides is 1. The second-order valence-electron chi connectivity index (χ2n) is 6.80. The highest BCUT2D eigenvalue weighted by Crippen LogP contribution is 2.23. The third-order valence-electron chi connectivity index (χ3n) is 4.81. The smallest absolute Gasteiger partial charge is 0.253 e. The van der Waals surface area contributed by atoms with E-state index in [4.69, 9.17) is 0 Å². The monoisotopic (exact) mass is 391 g/mol. The van der Waals surface area contributed by atoms with Gasteiger partial charge in [-0.1, -0.05) is 36.4 Å². The van der Waals surface area contributed by atoms with Crippen LogP contribution < -0.4 is 0 Å².